The van der Waals surface area contributed by atoms with Crippen LogP contribution in [0.25, 0.3) is 6.08 Å². The molecular formula is C17H17NO5. The molecule has 6 heteroatoms. The molecule has 1 aromatic rings. The molecule has 1 aromatic carbocycles. The van der Waals surface area contributed by atoms with Gasteiger partial charge >= 0.3 is 6.09 Å². The molecule has 4 rings (SSSR count). The minimum atomic E-state index is -0.563. The van der Waals surface area contributed by atoms with Gasteiger partial charge in [-0.25, -0.2) is 9.69 Å². The van der Waals surface area contributed by atoms with Gasteiger partial charge in [-0.2, -0.15) is 0 Å². The molecule has 1 fully saturated rings. The number of imide groups is 1. The summed E-state index contributed by atoms with van der Waals surface area (Å²) >= 11 is 0. The van der Waals surface area contributed by atoms with Crippen LogP contribution in [0.1, 0.15) is 30.9 Å². The van der Waals surface area contributed by atoms with Gasteiger partial charge in [-0.3, -0.25) is 4.79 Å². The Bertz CT molecular complexity index is 739. The lowest BCUT2D eigenvalue weighted by Crippen LogP contribution is -2.36. The van der Waals surface area contributed by atoms with E-state index in [4.69, 9.17) is 14.2 Å². The molecule has 3 aliphatic rings. The predicted octanol–water partition coefficient (Wildman–Crippen LogP) is 2.53. The molecule has 2 atom stereocenters. The van der Waals surface area contributed by atoms with Gasteiger partial charge in [0.05, 0.1) is 6.54 Å². The average molecular weight is 315 g/mol. The summed E-state index contributed by atoms with van der Waals surface area (Å²) in [5.41, 5.74) is 2.70. The van der Waals surface area contributed by atoms with Crippen molar-refractivity contribution in [2.24, 2.45) is 5.92 Å². The van der Waals surface area contributed by atoms with Crippen LogP contribution in [0.2, 0.25) is 0 Å². The van der Waals surface area contributed by atoms with Crippen molar-refractivity contribution in [1.29, 1.82) is 0 Å². The molecule has 0 bridgehead atoms. The lowest BCUT2D eigenvalue weighted by molar-refractivity contribution is -0.124. The third-order valence-electron chi connectivity index (χ3n) is 4.87. The van der Waals surface area contributed by atoms with Crippen molar-refractivity contribution in [3.63, 3.8) is 0 Å². The molecule has 6 nitrogen and oxygen atoms in total. The standard InChI is InChI=1S/C17H17NO5/c1-9-10(2)13(16(19)18-3-4-21-17(18)20)5-11-6-14-15(7-12(9)11)23-8-22-14/h5-7,9-10H,3-4,8H2,1-2H3. The number of carbonyl (C=O) groups is 2. The van der Waals surface area contributed by atoms with Gasteiger partial charge in [0.15, 0.2) is 11.5 Å². The van der Waals surface area contributed by atoms with Crippen molar-refractivity contribution in [3.05, 3.63) is 28.8 Å². The van der Waals surface area contributed by atoms with Crippen LogP contribution in [0.15, 0.2) is 17.7 Å². The highest BCUT2D eigenvalue weighted by Crippen LogP contribution is 2.44. The summed E-state index contributed by atoms with van der Waals surface area (Å²) in [5, 5.41) is 0. The first kappa shape index (κ1) is 14.1. The normalized spacial score (nSPS) is 25.0. The van der Waals surface area contributed by atoms with Crippen LogP contribution >= 0.6 is 0 Å². The predicted molar refractivity (Wildman–Crippen MR) is 81.2 cm³/mol. The fraction of sp³-hybridized carbons (Fsp3) is 0.412. The SMILES string of the molecule is CC1C(C(=O)N2CCOC2=O)=Cc2cc3c(cc2C1C)OCO3. The quantitative estimate of drug-likeness (QED) is 0.797. The van der Waals surface area contributed by atoms with Gasteiger partial charge in [0, 0.05) is 5.57 Å². The maximum Gasteiger partial charge on any atom is 0.416 e. The lowest BCUT2D eigenvalue weighted by atomic mass is 9.76. The smallest absolute Gasteiger partial charge is 0.416 e. The van der Waals surface area contributed by atoms with E-state index in [1.807, 2.05) is 25.1 Å². The topological polar surface area (TPSA) is 65.1 Å². The van der Waals surface area contributed by atoms with Gasteiger partial charge in [-0.05, 0) is 41.2 Å². The highest BCUT2D eigenvalue weighted by atomic mass is 16.7. The van der Waals surface area contributed by atoms with Crippen LogP contribution in [0.4, 0.5) is 4.79 Å². The van der Waals surface area contributed by atoms with Gasteiger partial charge in [0.2, 0.25) is 6.79 Å². The van der Waals surface area contributed by atoms with Crippen molar-refractivity contribution in [2.45, 2.75) is 19.8 Å². The van der Waals surface area contributed by atoms with Crippen molar-refractivity contribution in [1.82, 2.24) is 4.90 Å². The molecule has 0 N–H and O–H groups in total. The number of ether oxygens (including phenoxy) is 3. The van der Waals surface area contributed by atoms with E-state index in [1.165, 1.54) is 4.90 Å². The van der Waals surface area contributed by atoms with Crippen LogP contribution in [0.3, 0.4) is 0 Å². The molecule has 2 amide bonds. The van der Waals surface area contributed by atoms with Crippen molar-refractivity contribution < 1.29 is 23.8 Å². The fourth-order valence-electron chi connectivity index (χ4n) is 3.32. The van der Waals surface area contributed by atoms with Crippen molar-refractivity contribution in [2.75, 3.05) is 19.9 Å². The first-order chi connectivity index (χ1) is 11.1. The molecule has 2 unspecified atom stereocenters. The second kappa shape index (κ2) is 5.01. The third kappa shape index (κ3) is 2.09. The molecule has 23 heavy (non-hydrogen) atoms. The van der Waals surface area contributed by atoms with E-state index in [2.05, 4.69) is 6.92 Å². The Morgan fingerprint density at radius 3 is 2.57 bits per heavy atom. The van der Waals surface area contributed by atoms with E-state index in [9.17, 15) is 9.59 Å². The zero-order valence-electron chi connectivity index (χ0n) is 13.0. The Morgan fingerprint density at radius 2 is 1.87 bits per heavy atom. The molecule has 0 aromatic heterocycles. The number of fused-ring (bicyclic) bond motifs is 2. The maximum absolute atomic E-state index is 12.7. The van der Waals surface area contributed by atoms with Crippen LogP contribution in [0.5, 0.6) is 11.5 Å². The fourth-order valence-corrected chi connectivity index (χ4v) is 3.32. The van der Waals surface area contributed by atoms with E-state index in [0.717, 1.165) is 16.9 Å². The third-order valence-corrected chi connectivity index (χ3v) is 4.87. The van der Waals surface area contributed by atoms with E-state index in [0.29, 0.717) is 17.9 Å². The number of benzene rings is 1. The molecule has 0 radical (unpaired) electrons. The highest BCUT2D eigenvalue weighted by molar-refractivity contribution is 6.06. The second-order valence-corrected chi connectivity index (χ2v) is 6.08. The summed E-state index contributed by atoms with van der Waals surface area (Å²) in [5.74, 6) is 1.31. The second-order valence-electron chi connectivity index (χ2n) is 6.08. The lowest BCUT2D eigenvalue weighted by Gasteiger charge is -2.30. The summed E-state index contributed by atoms with van der Waals surface area (Å²) in [6.07, 6.45) is 1.29. The molecule has 120 valence electrons. The van der Waals surface area contributed by atoms with Crippen molar-refractivity contribution >= 4 is 18.1 Å². The van der Waals surface area contributed by atoms with E-state index in [1.54, 1.807) is 0 Å². The number of rotatable bonds is 1. The monoisotopic (exact) mass is 315 g/mol. The number of carbonyl (C=O) groups excluding carboxylic acids is 2. The molecule has 1 saturated heterocycles. The Balaban J connectivity index is 1.76. The largest absolute Gasteiger partial charge is 0.454 e. The average Bonchev–Trinajstić information content (AvgIpc) is 3.16. The highest BCUT2D eigenvalue weighted by Gasteiger charge is 2.36. The minimum absolute atomic E-state index is 0.00349. The van der Waals surface area contributed by atoms with Crippen LogP contribution in [0, 0.1) is 5.92 Å². The number of hydrogen-bond donors (Lipinski definition) is 0. The number of amides is 2. The molecule has 0 spiro atoms. The minimum Gasteiger partial charge on any atom is -0.454 e. The Morgan fingerprint density at radius 1 is 1.13 bits per heavy atom. The van der Waals surface area contributed by atoms with Gasteiger partial charge in [0.25, 0.3) is 5.91 Å². The Kier molecular flexibility index (Phi) is 3.07. The zero-order valence-corrected chi connectivity index (χ0v) is 13.0. The molecule has 2 heterocycles. The van der Waals surface area contributed by atoms with Gasteiger partial charge < -0.3 is 14.2 Å². The van der Waals surface area contributed by atoms with Crippen LogP contribution < -0.4 is 9.47 Å². The first-order valence-electron chi connectivity index (χ1n) is 7.70. The van der Waals surface area contributed by atoms with E-state index >= 15 is 0 Å². The molecule has 1 aliphatic carbocycles. The Labute approximate surface area is 133 Å². The van der Waals surface area contributed by atoms with Crippen molar-refractivity contribution in [3.8, 4) is 11.5 Å². The zero-order chi connectivity index (χ0) is 16.1. The van der Waals surface area contributed by atoms with Crippen LogP contribution in [-0.4, -0.2) is 36.8 Å². The molecular weight excluding hydrogens is 298 g/mol. The number of nitrogens with zero attached hydrogens (tertiary/aromatic N) is 1. The number of hydrogen-bond acceptors (Lipinski definition) is 5. The first-order valence-corrected chi connectivity index (χ1v) is 7.70. The van der Waals surface area contributed by atoms with Gasteiger partial charge in [0.1, 0.15) is 6.61 Å². The Hall–Kier alpha value is -2.50. The van der Waals surface area contributed by atoms with E-state index in [-0.39, 0.29) is 31.1 Å². The summed E-state index contributed by atoms with van der Waals surface area (Å²) in [7, 11) is 0. The summed E-state index contributed by atoms with van der Waals surface area (Å²) in [6.45, 7) is 4.87. The number of cyclic esters (lactones) is 1. The summed E-state index contributed by atoms with van der Waals surface area (Å²) in [4.78, 5) is 25.5. The van der Waals surface area contributed by atoms with E-state index < -0.39 is 6.09 Å². The van der Waals surface area contributed by atoms with Crippen LogP contribution in [-0.2, 0) is 9.53 Å². The molecule has 0 saturated carbocycles. The summed E-state index contributed by atoms with van der Waals surface area (Å²) < 4.78 is 15.7. The van der Waals surface area contributed by atoms with Gasteiger partial charge in [-0.1, -0.05) is 13.8 Å². The summed E-state index contributed by atoms with van der Waals surface area (Å²) in [6, 6.07) is 3.89. The molecule has 2 aliphatic heterocycles. The maximum atomic E-state index is 12.7. The van der Waals surface area contributed by atoms with Gasteiger partial charge in [-0.15, -0.1) is 0 Å².